The number of halogens is 1. The van der Waals surface area contributed by atoms with E-state index < -0.39 is 11.7 Å². The second-order valence-electron chi connectivity index (χ2n) is 3.98. The molecule has 0 aliphatic carbocycles. The third-order valence-electron chi connectivity index (χ3n) is 2.41. The lowest BCUT2D eigenvalue weighted by Gasteiger charge is -2.13. The van der Waals surface area contributed by atoms with Crippen molar-refractivity contribution in [3.05, 3.63) is 29.6 Å². The van der Waals surface area contributed by atoms with Crippen molar-refractivity contribution >= 4 is 11.6 Å². The number of rotatable bonds is 5. The topological polar surface area (TPSA) is 75.3 Å². The van der Waals surface area contributed by atoms with Crippen molar-refractivity contribution in [1.82, 2.24) is 5.32 Å². The molecular weight excluding hydrogens is 223 g/mol. The standard InChI is InChI=1S/C12H17FN2O2/c1-8(3-2-6-16)15-12(17)10-7-9(14)4-5-11(10)13/h4-5,7-8,16H,2-3,6,14H2,1H3,(H,15,17). The first-order valence-electron chi connectivity index (χ1n) is 5.51. The maximum atomic E-state index is 13.4. The molecule has 1 unspecified atom stereocenters. The van der Waals surface area contributed by atoms with Gasteiger partial charge >= 0.3 is 0 Å². The van der Waals surface area contributed by atoms with Crippen LogP contribution in [0.5, 0.6) is 0 Å². The molecule has 1 aromatic carbocycles. The Morgan fingerprint density at radius 1 is 1.59 bits per heavy atom. The number of carbonyl (C=O) groups excluding carboxylic acids is 1. The number of carbonyl (C=O) groups is 1. The molecule has 1 atom stereocenters. The van der Waals surface area contributed by atoms with E-state index in [0.29, 0.717) is 18.5 Å². The molecule has 0 aliphatic rings. The first-order valence-corrected chi connectivity index (χ1v) is 5.51. The van der Waals surface area contributed by atoms with Crippen LogP contribution in [0, 0.1) is 5.82 Å². The van der Waals surface area contributed by atoms with Crippen LogP contribution in [0.15, 0.2) is 18.2 Å². The zero-order valence-electron chi connectivity index (χ0n) is 9.74. The number of hydrogen-bond donors (Lipinski definition) is 3. The molecule has 4 N–H and O–H groups in total. The molecule has 0 radical (unpaired) electrons. The van der Waals surface area contributed by atoms with Crippen LogP contribution in [0.25, 0.3) is 0 Å². The monoisotopic (exact) mass is 240 g/mol. The smallest absolute Gasteiger partial charge is 0.254 e. The number of amides is 1. The van der Waals surface area contributed by atoms with Gasteiger partial charge in [-0.25, -0.2) is 4.39 Å². The van der Waals surface area contributed by atoms with Crippen LogP contribution in [0.4, 0.5) is 10.1 Å². The Bertz CT molecular complexity index is 396. The highest BCUT2D eigenvalue weighted by Crippen LogP contribution is 2.12. The molecule has 1 amide bonds. The summed E-state index contributed by atoms with van der Waals surface area (Å²) in [6.45, 7) is 1.88. The SMILES string of the molecule is CC(CCCO)NC(=O)c1cc(N)ccc1F. The number of benzene rings is 1. The van der Waals surface area contributed by atoms with Gasteiger partial charge in [-0.15, -0.1) is 0 Å². The molecule has 4 nitrogen and oxygen atoms in total. The van der Waals surface area contributed by atoms with Crippen LogP contribution in [-0.4, -0.2) is 23.7 Å². The van der Waals surface area contributed by atoms with Gasteiger partial charge in [0.25, 0.3) is 5.91 Å². The lowest BCUT2D eigenvalue weighted by atomic mass is 10.1. The summed E-state index contributed by atoms with van der Waals surface area (Å²) in [5, 5.41) is 11.3. The van der Waals surface area contributed by atoms with Gasteiger partial charge in [-0.05, 0) is 38.0 Å². The first kappa shape index (κ1) is 13.4. The Hall–Kier alpha value is -1.62. The summed E-state index contributed by atoms with van der Waals surface area (Å²) in [5.74, 6) is -1.08. The van der Waals surface area contributed by atoms with Crippen LogP contribution in [0.3, 0.4) is 0 Å². The Balaban J connectivity index is 2.66. The van der Waals surface area contributed by atoms with Crippen LogP contribution in [0.1, 0.15) is 30.1 Å². The summed E-state index contributed by atoms with van der Waals surface area (Å²) in [7, 11) is 0. The first-order chi connectivity index (χ1) is 8.04. The lowest BCUT2D eigenvalue weighted by molar-refractivity contribution is 0.0932. The minimum Gasteiger partial charge on any atom is -0.399 e. The van der Waals surface area contributed by atoms with Gasteiger partial charge in [0.1, 0.15) is 5.82 Å². The number of nitrogens with one attached hydrogen (secondary N) is 1. The molecule has 1 rings (SSSR count). The summed E-state index contributed by atoms with van der Waals surface area (Å²) >= 11 is 0. The van der Waals surface area contributed by atoms with Crippen molar-refractivity contribution in [3.8, 4) is 0 Å². The van der Waals surface area contributed by atoms with Crippen molar-refractivity contribution < 1.29 is 14.3 Å². The maximum absolute atomic E-state index is 13.4. The molecule has 0 spiro atoms. The van der Waals surface area contributed by atoms with Crippen molar-refractivity contribution in [2.45, 2.75) is 25.8 Å². The van der Waals surface area contributed by atoms with E-state index >= 15 is 0 Å². The molecule has 5 heteroatoms. The maximum Gasteiger partial charge on any atom is 0.254 e. The molecule has 0 aromatic heterocycles. The van der Waals surface area contributed by atoms with Crippen LogP contribution >= 0.6 is 0 Å². The zero-order chi connectivity index (χ0) is 12.8. The number of aliphatic hydroxyl groups is 1. The van der Waals surface area contributed by atoms with Crippen LogP contribution < -0.4 is 11.1 Å². The molecule has 0 saturated heterocycles. The Kier molecular flexibility index (Phi) is 4.90. The van der Waals surface area contributed by atoms with Gasteiger partial charge < -0.3 is 16.2 Å². The van der Waals surface area contributed by atoms with Gasteiger partial charge in [0.05, 0.1) is 5.56 Å². The molecular formula is C12H17FN2O2. The van der Waals surface area contributed by atoms with E-state index in [1.54, 1.807) is 6.92 Å². The van der Waals surface area contributed by atoms with E-state index in [-0.39, 0.29) is 18.2 Å². The van der Waals surface area contributed by atoms with Gasteiger partial charge in [-0.1, -0.05) is 0 Å². The van der Waals surface area contributed by atoms with Crippen LogP contribution in [-0.2, 0) is 0 Å². The number of aliphatic hydroxyl groups excluding tert-OH is 1. The predicted octanol–water partition coefficient (Wildman–Crippen LogP) is 1.30. The second kappa shape index (κ2) is 6.20. The average molecular weight is 240 g/mol. The fourth-order valence-electron chi connectivity index (χ4n) is 1.49. The second-order valence-corrected chi connectivity index (χ2v) is 3.98. The minimum atomic E-state index is -0.592. The minimum absolute atomic E-state index is 0.0548. The molecule has 94 valence electrons. The number of nitrogen functional groups attached to an aromatic ring is 1. The highest BCUT2D eigenvalue weighted by atomic mass is 19.1. The highest BCUT2D eigenvalue weighted by Gasteiger charge is 2.14. The molecule has 1 aromatic rings. The van der Waals surface area contributed by atoms with E-state index in [0.717, 1.165) is 0 Å². The van der Waals surface area contributed by atoms with Crippen LogP contribution in [0.2, 0.25) is 0 Å². The van der Waals surface area contributed by atoms with Gasteiger partial charge in [-0.3, -0.25) is 4.79 Å². The summed E-state index contributed by atoms with van der Waals surface area (Å²) < 4.78 is 13.4. The third-order valence-corrected chi connectivity index (χ3v) is 2.41. The van der Waals surface area contributed by atoms with E-state index in [9.17, 15) is 9.18 Å². The highest BCUT2D eigenvalue weighted by molar-refractivity contribution is 5.95. The van der Waals surface area contributed by atoms with Crippen molar-refractivity contribution in [2.75, 3.05) is 12.3 Å². The van der Waals surface area contributed by atoms with Crippen molar-refractivity contribution in [3.63, 3.8) is 0 Å². The molecule has 0 heterocycles. The Morgan fingerprint density at radius 3 is 2.94 bits per heavy atom. The third kappa shape index (κ3) is 4.03. The largest absolute Gasteiger partial charge is 0.399 e. The van der Waals surface area contributed by atoms with E-state index in [4.69, 9.17) is 10.8 Å². The van der Waals surface area contributed by atoms with E-state index in [1.807, 2.05) is 0 Å². The molecule has 0 fully saturated rings. The van der Waals surface area contributed by atoms with Crippen molar-refractivity contribution in [1.29, 1.82) is 0 Å². The summed E-state index contributed by atoms with van der Waals surface area (Å²) in [5.41, 5.74) is 5.79. The number of hydrogen-bond acceptors (Lipinski definition) is 3. The normalized spacial score (nSPS) is 12.2. The van der Waals surface area contributed by atoms with Gasteiger partial charge in [0, 0.05) is 18.3 Å². The average Bonchev–Trinajstić information content (AvgIpc) is 2.29. The summed E-state index contributed by atoms with van der Waals surface area (Å²) in [6.07, 6.45) is 1.24. The lowest BCUT2D eigenvalue weighted by Crippen LogP contribution is -2.33. The van der Waals surface area contributed by atoms with Gasteiger partial charge in [-0.2, -0.15) is 0 Å². The van der Waals surface area contributed by atoms with E-state index in [2.05, 4.69) is 5.32 Å². The summed E-state index contributed by atoms with van der Waals surface area (Å²) in [4.78, 5) is 11.7. The quantitative estimate of drug-likeness (QED) is 0.679. The predicted molar refractivity (Wildman–Crippen MR) is 64.1 cm³/mol. The summed E-state index contributed by atoms with van der Waals surface area (Å²) in [6, 6.07) is 3.77. The fourth-order valence-corrected chi connectivity index (χ4v) is 1.49. The fraction of sp³-hybridized carbons (Fsp3) is 0.417. The van der Waals surface area contributed by atoms with Gasteiger partial charge in [0.2, 0.25) is 0 Å². The Morgan fingerprint density at radius 2 is 2.29 bits per heavy atom. The van der Waals surface area contributed by atoms with E-state index in [1.165, 1.54) is 18.2 Å². The van der Waals surface area contributed by atoms with Crippen molar-refractivity contribution in [2.24, 2.45) is 0 Å². The zero-order valence-corrected chi connectivity index (χ0v) is 9.74. The molecule has 0 aliphatic heterocycles. The molecule has 0 bridgehead atoms. The number of anilines is 1. The Labute approximate surface area is 99.6 Å². The van der Waals surface area contributed by atoms with Gasteiger partial charge in [0.15, 0.2) is 0 Å². The molecule has 17 heavy (non-hydrogen) atoms. The number of nitrogens with two attached hydrogens (primary N) is 1. The molecule has 0 saturated carbocycles.